The number of sulfonamides is 1. The summed E-state index contributed by atoms with van der Waals surface area (Å²) in [5.41, 5.74) is 2.16. The zero-order chi connectivity index (χ0) is 25.5. The topological polar surface area (TPSA) is 96.0 Å². The molecule has 0 saturated carbocycles. The number of ether oxygens (including phenoxy) is 1. The van der Waals surface area contributed by atoms with Crippen LogP contribution in [0.15, 0.2) is 48.5 Å². The highest BCUT2D eigenvalue weighted by Gasteiger charge is 2.30. The van der Waals surface area contributed by atoms with E-state index in [1.165, 1.54) is 12.0 Å². The minimum atomic E-state index is -3.79. The van der Waals surface area contributed by atoms with Crippen molar-refractivity contribution in [1.29, 1.82) is 0 Å². The Kier molecular flexibility index (Phi) is 9.49. The van der Waals surface area contributed by atoms with E-state index in [4.69, 9.17) is 4.74 Å². The highest BCUT2D eigenvalue weighted by molar-refractivity contribution is 7.92. The molecule has 1 N–H and O–H groups in total. The largest absolute Gasteiger partial charge is 0.497 e. The Hall–Kier alpha value is -3.07. The number of methoxy groups -OCH3 is 1. The molecule has 0 saturated heterocycles. The van der Waals surface area contributed by atoms with E-state index in [0.29, 0.717) is 11.4 Å². The van der Waals surface area contributed by atoms with Gasteiger partial charge in [-0.3, -0.25) is 13.9 Å². The first-order valence-corrected chi connectivity index (χ1v) is 13.1. The van der Waals surface area contributed by atoms with E-state index >= 15 is 0 Å². The SMILES string of the molecule is CC[C@@H](C)NC(=O)[C@H](C)N(Cc1ccccc1C)C(=O)CN(c1cccc(OC)c1)S(C)(=O)=O. The summed E-state index contributed by atoms with van der Waals surface area (Å²) >= 11 is 0. The lowest BCUT2D eigenvalue weighted by Gasteiger charge is -2.32. The van der Waals surface area contributed by atoms with E-state index in [1.54, 1.807) is 31.2 Å². The summed E-state index contributed by atoms with van der Waals surface area (Å²) in [7, 11) is -2.31. The summed E-state index contributed by atoms with van der Waals surface area (Å²) in [6.07, 6.45) is 1.80. The van der Waals surface area contributed by atoms with Crippen LogP contribution < -0.4 is 14.4 Å². The molecule has 0 aromatic heterocycles. The third kappa shape index (κ3) is 7.21. The van der Waals surface area contributed by atoms with Gasteiger partial charge in [-0.1, -0.05) is 37.3 Å². The van der Waals surface area contributed by atoms with Crippen LogP contribution >= 0.6 is 0 Å². The van der Waals surface area contributed by atoms with Gasteiger partial charge in [-0.15, -0.1) is 0 Å². The molecule has 2 atom stereocenters. The Morgan fingerprint density at radius 3 is 2.35 bits per heavy atom. The van der Waals surface area contributed by atoms with Crippen molar-refractivity contribution in [3.63, 3.8) is 0 Å². The van der Waals surface area contributed by atoms with Crippen molar-refractivity contribution >= 4 is 27.5 Å². The van der Waals surface area contributed by atoms with Gasteiger partial charge in [0, 0.05) is 18.7 Å². The number of amides is 2. The smallest absolute Gasteiger partial charge is 0.244 e. The number of rotatable bonds is 11. The fourth-order valence-corrected chi connectivity index (χ4v) is 4.24. The molecule has 2 aromatic rings. The highest BCUT2D eigenvalue weighted by atomic mass is 32.2. The van der Waals surface area contributed by atoms with Crippen LogP contribution in [0.25, 0.3) is 0 Å². The number of carbonyl (C=O) groups is 2. The number of nitrogens with one attached hydrogen (secondary N) is 1. The Morgan fingerprint density at radius 2 is 1.76 bits per heavy atom. The number of benzene rings is 2. The van der Waals surface area contributed by atoms with Gasteiger partial charge in [0.2, 0.25) is 21.8 Å². The number of hydrogen-bond acceptors (Lipinski definition) is 5. The second kappa shape index (κ2) is 11.9. The second-order valence-electron chi connectivity index (χ2n) is 8.41. The number of nitrogens with zero attached hydrogens (tertiary/aromatic N) is 2. The van der Waals surface area contributed by atoms with Crippen LogP contribution in [-0.2, 0) is 26.2 Å². The van der Waals surface area contributed by atoms with Crippen LogP contribution in [0.4, 0.5) is 5.69 Å². The van der Waals surface area contributed by atoms with Crippen LogP contribution in [0.5, 0.6) is 5.75 Å². The molecule has 2 aromatic carbocycles. The molecule has 0 aliphatic rings. The van der Waals surface area contributed by atoms with Crippen molar-refractivity contribution in [2.75, 3.05) is 24.2 Å². The maximum absolute atomic E-state index is 13.6. The van der Waals surface area contributed by atoms with E-state index < -0.39 is 28.5 Å². The molecule has 0 fully saturated rings. The van der Waals surface area contributed by atoms with E-state index in [-0.39, 0.29) is 18.5 Å². The van der Waals surface area contributed by atoms with Crippen LogP contribution in [0.3, 0.4) is 0 Å². The van der Waals surface area contributed by atoms with Gasteiger partial charge in [-0.05, 0) is 50.5 Å². The second-order valence-corrected chi connectivity index (χ2v) is 10.3. The predicted molar refractivity (Wildman–Crippen MR) is 134 cm³/mol. The zero-order valence-electron chi connectivity index (χ0n) is 20.7. The Morgan fingerprint density at radius 1 is 1.09 bits per heavy atom. The standard InChI is InChI=1S/C25H35N3O5S/c1-7-19(3)26-25(30)20(4)27(16-21-12-9-8-11-18(21)2)24(29)17-28(34(6,31)32)22-13-10-14-23(15-22)33-5/h8-15,19-20H,7,16-17H2,1-6H3,(H,26,30)/t19-,20+/m1/s1. The molecule has 0 spiro atoms. The third-order valence-corrected chi connectivity index (χ3v) is 6.93. The molecule has 0 radical (unpaired) electrons. The Labute approximate surface area is 202 Å². The third-order valence-electron chi connectivity index (χ3n) is 5.79. The van der Waals surface area contributed by atoms with Crippen LogP contribution in [0, 0.1) is 6.92 Å². The van der Waals surface area contributed by atoms with Crippen LogP contribution in [0.2, 0.25) is 0 Å². The number of carbonyl (C=O) groups excluding carboxylic acids is 2. The fraction of sp³-hybridized carbons (Fsp3) is 0.440. The molecular formula is C25H35N3O5S. The number of hydrogen-bond donors (Lipinski definition) is 1. The number of anilines is 1. The van der Waals surface area contributed by atoms with Crippen molar-refractivity contribution in [3.05, 3.63) is 59.7 Å². The normalized spacial score (nSPS) is 13.0. The van der Waals surface area contributed by atoms with Gasteiger partial charge >= 0.3 is 0 Å². The maximum Gasteiger partial charge on any atom is 0.244 e. The average molecular weight is 490 g/mol. The van der Waals surface area contributed by atoms with E-state index in [9.17, 15) is 18.0 Å². The van der Waals surface area contributed by atoms with Gasteiger partial charge in [0.1, 0.15) is 18.3 Å². The molecule has 0 aliphatic heterocycles. The summed E-state index contributed by atoms with van der Waals surface area (Å²) in [5, 5.41) is 2.91. The maximum atomic E-state index is 13.6. The summed E-state index contributed by atoms with van der Waals surface area (Å²) < 4.78 is 31.5. The predicted octanol–water partition coefficient (Wildman–Crippen LogP) is 3.10. The van der Waals surface area contributed by atoms with E-state index in [1.807, 2.05) is 45.0 Å². The molecule has 0 bridgehead atoms. The van der Waals surface area contributed by atoms with Crippen LogP contribution in [-0.4, -0.2) is 57.1 Å². The highest BCUT2D eigenvalue weighted by Crippen LogP contribution is 2.24. The molecule has 0 unspecified atom stereocenters. The molecule has 9 heteroatoms. The molecule has 186 valence electrons. The van der Waals surface area contributed by atoms with E-state index in [0.717, 1.165) is 28.1 Å². The van der Waals surface area contributed by atoms with E-state index in [2.05, 4.69) is 5.32 Å². The monoisotopic (exact) mass is 489 g/mol. The summed E-state index contributed by atoms with van der Waals surface area (Å²) in [6.45, 7) is 7.18. The zero-order valence-corrected chi connectivity index (χ0v) is 21.6. The van der Waals surface area contributed by atoms with Crippen molar-refractivity contribution < 1.29 is 22.7 Å². The van der Waals surface area contributed by atoms with Gasteiger partial charge in [0.25, 0.3) is 0 Å². The Balaban J connectivity index is 2.41. The van der Waals surface area contributed by atoms with Gasteiger partial charge < -0.3 is 15.0 Å². The summed E-state index contributed by atoms with van der Waals surface area (Å²) in [4.78, 5) is 27.9. The average Bonchev–Trinajstić information content (AvgIpc) is 2.80. The fourth-order valence-electron chi connectivity index (χ4n) is 3.40. The van der Waals surface area contributed by atoms with Crippen molar-refractivity contribution in [2.24, 2.45) is 0 Å². The lowest BCUT2D eigenvalue weighted by molar-refractivity contribution is -0.139. The number of aryl methyl sites for hydroxylation is 1. The van der Waals surface area contributed by atoms with Gasteiger partial charge in [-0.25, -0.2) is 8.42 Å². The molecule has 8 nitrogen and oxygen atoms in total. The quantitative estimate of drug-likeness (QED) is 0.523. The minimum Gasteiger partial charge on any atom is -0.497 e. The van der Waals surface area contributed by atoms with Crippen molar-refractivity contribution in [2.45, 2.75) is 52.7 Å². The van der Waals surface area contributed by atoms with Crippen molar-refractivity contribution in [3.8, 4) is 5.75 Å². The molecule has 0 heterocycles. The molecule has 0 aliphatic carbocycles. The summed E-state index contributed by atoms with van der Waals surface area (Å²) in [5.74, 6) is -0.302. The lowest BCUT2D eigenvalue weighted by atomic mass is 10.1. The molecule has 34 heavy (non-hydrogen) atoms. The first-order valence-electron chi connectivity index (χ1n) is 11.2. The molecule has 2 rings (SSSR count). The minimum absolute atomic E-state index is 0.0466. The Bertz CT molecular complexity index is 1100. The first-order chi connectivity index (χ1) is 16.0. The van der Waals surface area contributed by atoms with Gasteiger partial charge in [0.15, 0.2) is 0 Å². The van der Waals surface area contributed by atoms with Gasteiger partial charge in [-0.2, -0.15) is 0 Å². The molecular weight excluding hydrogens is 454 g/mol. The molecule has 2 amide bonds. The lowest BCUT2D eigenvalue weighted by Crippen LogP contribution is -2.52. The van der Waals surface area contributed by atoms with Crippen molar-refractivity contribution in [1.82, 2.24) is 10.2 Å². The van der Waals surface area contributed by atoms with Crippen LogP contribution in [0.1, 0.15) is 38.3 Å². The summed E-state index contributed by atoms with van der Waals surface area (Å²) in [6, 6.07) is 13.3. The van der Waals surface area contributed by atoms with Gasteiger partial charge in [0.05, 0.1) is 19.1 Å². The first kappa shape index (κ1) is 27.2.